The largest absolute Gasteiger partial charge is 0.337 e. The van der Waals surface area contributed by atoms with Gasteiger partial charge in [0.15, 0.2) is 0 Å². The van der Waals surface area contributed by atoms with Gasteiger partial charge in [0.2, 0.25) is 0 Å². The monoisotopic (exact) mass is 276 g/mol. The lowest BCUT2D eigenvalue weighted by Gasteiger charge is -2.16. The molecule has 0 saturated carbocycles. The van der Waals surface area contributed by atoms with E-state index >= 15 is 0 Å². The molecular weight excluding hydrogens is 262 g/mol. The molecule has 1 aromatic carbocycles. The van der Waals surface area contributed by atoms with Gasteiger partial charge in [0.1, 0.15) is 11.6 Å². The van der Waals surface area contributed by atoms with Gasteiger partial charge >= 0.3 is 0 Å². The number of halogens is 3. The fourth-order valence-corrected chi connectivity index (χ4v) is 1.96. The lowest BCUT2D eigenvalue weighted by molar-refractivity contribution is 0.0786. The smallest absolute Gasteiger partial charge is 0.256 e. The molecule has 0 aliphatic carbocycles. The van der Waals surface area contributed by atoms with Crippen molar-refractivity contribution < 1.29 is 13.6 Å². The molecule has 1 amide bonds. The van der Waals surface area contributed by atoms with Gasteiger partial charge in [0.05, 0.1) is 5.56 Å². The molecule has 18 heavy (non-hydrogen) atoms. The number of hydrogen-bond donors (Lipinski definition) is 1. The van der Waals surface area contributed by atoms with Crippen molar-refractivity contribution in [2.45, 2.75) is 19.4 Å². The number of hydrogen-bond acceptors (Lipinski definition) is 2. The van der Waals surface area contributed by atoms with Gasteiger partial charge in [-0.05, 0) is 25.0 Å². The average Bonchev–Trinajstić information content (AvgIpc) is 2.69. The Bertz CT molecular complexity index is 468. The van der Waals surface area contributed by atoms with Crippen molar-refractivity contribution in [2.75, 3.05) is 13.1 Å². The quantitative estimate of drug-likeness (QED) is 0.851. The summed E-state index contributed by atoms with van der Waals surface area (Å²) < 4.78 is 26.6. The van der Waals surface area contributed by atoms with E-state index in [9.17, 15) is 13.6 Å². The van der Waals surface area contributed by atoms with E-state index in [1.54, 1.807) is 0 Å². The van der Waals surface area contributed by atoms with Crippen LogP contribution in [0.3, 0.4) is 0 Å². The van der Waals surface area contributed by atoms with Crippen molar-refractivity contribution in [1.82, 2.24) is 4.90 Å². The molecule has 0 unspecified atom stereocenters. The number of carbonyl (C=O) groups excluding carboxylic acids is 1. The van der Waals surface area contributed by atoms with Gasteiger partial charge in [0.25, 0.3) is 5.91 Å². The molecule has 3 nitrogen and oxygen atoms in total. The molecule has 0 radical (unpaired) electrons. The zero-order valence-corrected chi connectivity index (χ0v) is 10.8. The van der Waals surface area contributed by atoms with Crippen LogP contribution in [0.15, 0.2) is 12.1 Å². The summed E-state index contributed by atoms with van der Waals surface area (Å²) in [5.74, 6) is -1.88. The maximum Gasteiger partial charge on any atom is 0.256 e. The SMILES string of the molecule is Cc1cc(C(=O)N2CC[C@H](N)C2)c(F)cc1F.Cl. The lowest BCUT2D eigenvalue weighted by Crippen LogP contribution is -2.32. The van der Waals surface area contributed by atoms with Gasteiger partial charge in [-0.3, -0.25) is 4.79 Å². The first kappa shape index (κ1) is 14.9. The van der Waals surface area contributed by atoms with Crippen LogP contribution in [-0.2, 0) is 0 Å². The summed E-state index contributed by atoms with van der Waals surface area (Å²) in [4.78, 5) is 13.5. The Labute approximate surface area is 110 Å². The van der Waals surface area contributed by atoms with Gasteiger partial charge in [-0.15, -0.1) is 12.4 Å². The van der Waals surface area contributed by atoms with Crippen LogP contribution in [0, 0.1) is 18.6 Å². The number of nitrogens with two attached hydrogens (primary N) is 1. The van der Waals surface area contributed by atoms with E-state index < -0.39 is 17.5 Å². The summed E-state index contributed by atoms with van der Waals surface area (Å²) in [6, 6.07) is 1.94. The minimum atomic E-state index is -0.821. The fourth-order valence-electron chi connectivity index (χ4n) is 1.96. The van der Waals surface area contributed by atoms with Crippen LogP contribution in [-0.4, -0.2) is 29.9 Å². The predicted molar refractivity (Wildman–Crippen MR) is 66.8 cm³/mol. The summed E-state index contributed by atoms with van der Waals surface area (Å²) in [5.41, 5.74) is 5.86. The van der Waals surface area contributed by atoms with Crippen molar-refractivity contribution in [1.29, 1.82) is 0 Å². The van der Waals surface area contributed by atoms with E-state index in [0.29, 0.717) is 19.5 Å². The maximum atomic E-state index is 13.5. The second-order valence-corrected chi connectivity index (χ2v) is 4.38. The highest BCUT2D eigenvalue weighted by atomic mass is 35.5. The van der Waals surface area contributed by atoms with Gasteiger partial charge in [-0.25, -0.2) is 8.78 Å². The maximum absolute atomic E-state index is 13.5. The summed E-state index contributed by atoms with van der Waals surface area (Å²) in [5, 5.41) is 0. The molecule has 0 bridgehead atoms. The van der Waals surface area contributed by atoms with Crippen molar-refractivity contribution in [3.63, 3.8) is 0 Å². The second kappa shape index (κ2) is 5.63. The number of likely N-dealkylation sites (tertiary alicyclic amines) is 1. The normalized spacial score (nSPS) is 18.7. The standard InChI is InChI=1S/C12H14F2N2O.ClH/c1-7-4-9(11(14)5-10(7)13)12(17)16-3-2-8(15)6-16;/h4-5,8H,2-3,6,15H2,1H3;1H/t8-;/m0./s1. The van der Waals surface area contributed by atoms with Crippen molar-refractivity contribution in [3.8, 4) is 0 Å². The van der Waals surface area contributed by atoms with Gasteiger partial charge < -0.3 is 10.6 Å². The Morgan fingerprint density at radius 1 is 1.39 bits per heavy atom. The molecule has 6 heteroatoms. The number of carbonyl (C=O) groups is 1. The Morgan fingerprint density at radius 2 is 2.06 bits per heavy atom. The molecule has 2 rings (SSSR count). The van der Waals surface area contributed by atoms with Crippen LogP contribution in [0.5, 0.6) is 0 Å². The van der Waals surface area contributed by atoms with E-state index in [4.69, 9.17) is 5.73 Å². The molecule has 1 fully saturated rings. The fraction of sp³-hybridized carbons (Fsp3) is 0.417. The molecule has 1 saturated heterocycles. The molecule has 1 atom stereocenters. The highest BCUT2D eigenvalue weighted by Crippen LogP contribution is 2.18. The molecule has 1 aliphatic heterocycles. The number of benzene rings is 1. The van der Waals surface area contributed by atoms with Crippen molar-refractivity contribution in [2.24, 2.45) is 5.73 Å². The highest BCUT2D eigenvalue weighted by Gasteiger charge is 2.26. The van der Waals surface area contributed by atoms with Crippen molar-refractivity contribution >= 4 is 18.3 Å². The Morgan fingerprint density at radius 3 is 2.61 bits per heavy atom. The van der Waals surface area contributed by atoms with E-state index in [2.05, 4.69) is 0 Å². The van der Waals surface area contributed by atoms with E-state index in [-0.39, 0.29) is 29.6 Å². The summed E-state index contributed by atoms with van der Waals surface area (Å²) in [7, 11) is 0. The predicted octanol–water partition coefficient (Wildman–Crippen LogP) is 1.87. The summed E-state index contributed by atoms with van der Waals surface area (Å²) in [6.45, 7) is 2.45. The molecule has 2 N–H and O–H groups in total. The third-order valence-electron chi connectivity index (χ3n) is 2.99. The van der Waals surface area contributed by atoms with Gasteiger partial charge in [-0.1, -0.05) is 0 Å². The molecule has 0 aromatic heterocycles. The molecule has 1 aliphatic rings. The number of amides is 1. The topological polar surface area (TPSA) is 46.3 Å². The minimum Gasteiger partial charge on any atom is -0.337 e. The lowest BCUT2D eigenvalue weighted by atomic mass is 10.1. The zero-order valence-electron chi connectivity index (χ0n) is 9.95. The van der Waals surface area contributed by atoms with Crippen LogP contribution >= 0.6 is 12.4 Å². The second-order valence-electron chi connectivity index (χ2n) is 4.38. The van der Waals surface area contributed by atoms with Crippen LogP contribution in [0.1, 0.15) is 22.3 Å². The van der Waals surface area contributed by atoms with E-state index in [1.807, 2.05) is 0 Å². The molecule has 1 heterocycles. The highest BCUT2D eigenvalue weighted by molar-refractivity contribution is 5.94. The Balaban J connectivity index is 0.00000162. The van der Waals surface area contributed by atoms with Crippen LogP contribution in [0.4, 0.5) is 8.78 Å². The average molecular weight is 277 g/mol. The summed E-state index contributed by atoms with van der Waals surface area (Å²) >= 11 is 0. The molecular formula is C12H15ClF2N2O. The Kier molecular flexibility index (Phi) is 4.65. The first-order chi connectivity index (χ1) is 7.99. The van der Waals surface area contributed by atoms with Crippen molar-refractivity contribution in [3.05, 3.63) is 34.9 Å². The molecule has 1 aromatic rings. The van der Waals surface area contributed by atoms with Crippen LogP contribution < -0.4 is 5.73 Å². The third-order valence-corrected chi connectivity index (χ3v) is 2.99. The van der Waals surface area contributed by atoms with Gasteiger partial charge in [0, 0.05) is 25.2 Å². The molecule has 100 valence electrons. The summed E-state index contributed by atoms with van der Waals surface area (Å²) in [6.07, 6.45) is 0.716. The Hall–Kier alpha value is -1.20. The molecule has 0 spiro atoms. The van der Waals surface area contributed by atoms with Gasteiger partial charge in [-0.2, -0.15) is 0 Å². The number of rotatable bonds is 1. The zero-order chi connectivity index (χ0) is 12.6. The number of nitrogens with zero attached hydrogens (tertiary/aromatic N) is 1. The first-order valence-electron chi connectivity index (χ1n) is 5.49. The van der Waals surface area contributed by atoms with E-state index in [0.717, 1.165) is 6.07 Å². The van der Waals surface area contributed by atoms with Crippen LogP contribution in [0.25, 0.3) is 0 Å². The minimum absolute atomic E-state index is 0. The van der Waals surface area contributed by atoms with Crippen LogP contribution in [0.2, 0.25) is 0 Å². The third kappa shape index (κ3) is 2.79. The van der Waals surface area contributed by atoms with E-state index in [1.165, 1.54) is 17.9 Å². The number of aryl methyl sites for hydroxylation is 1. The first-order valence-corrected chi connectivity index (χ1v) is 5.49.